The SMILES string of the molecule is CC(C)CNCC(c1ccccc1)N1CCOCC1(C)C. The van der Waals surface area contributed by atoms with E-state index in [1.165, 1.54) is 5.56 Å². The van der Waals surface area contributed by atoms with Crippen LogP contribution in [0.4, 0.5) is 0 Å². The monoisotopic (exact) mass is 290 g/mol. The number of nitrogens with one attached hydrogen (secondary N) is 1. The lowest BCUT2D eigenvalue weighted by atomic mass is 9.95. The van der Waals surface area contributed by atoms with E-state index in [1.54, 1.807) is 0 Å². The summed E-state index contributed by atoms with van der Waals surface area (Å²) < 4.78 is 5.68. The fourth-order valence-electron chi connectivity index (χ4n) is 3.04. The van der Waals surface area contributed by atoms with Crippen molar-refractivity contribution in [2.45, 2.75) is 39.3 Å². The number of rotatable bonds is 6. The summed E-state index contributed by atoms with van der Waals surface area (Å²) in [5, 5.41) is 3.64. The van der Waals surface area contributed by atoms with E-state index in [-0.39, 0.29) is 5.54 Å². The second-order valence-electron chi connectivity index (χ2n) is 7.04. The van der Waals surface area contributed by atoms with E-state index in [2.05, 4.69) is 68.2 Å². The molecule has 1 aromatic rings. The first-order chi connectivity index (χ1) is 10.0. The molecule has 21 heavy (non-hydrogen) atoms. The van der Waals surface area contributed by atoms with Gasteiger partial charge >= 0.3 is 0 Å². The zero-order valence-electron chi connectivity index (χ0n) is 13.9. The predicted octanol–water partition coefficient (Wildman–Crippen LogP) is 3.08. The molecule has 0 saturated carbocycles. The lowest BCUT2D eigenvalue weighted by Gasteiger charge is -2.47. The van der Waals surface area contributed by atoms with E-state index in [0.29, 0.717) is 12.0 Å². The van der Waals surface area contributed by atoms with E-state index in [1.807, 2.05) is 0 Å². The molecule has 1 aromatic carbocycles. The third kappa shape index (κ3) is 4.53. The van der Waals surface area contributed by atoms with E-state index in [0.717, 1.165) is 32.8 Å². The maximum Gasteiger partial charge on any atom is 0.0645 e. The molecule has 0 spiro atoms. The number of hydrogen-bond donors (Lipinski definition) is 1. The van der Waals surface area contributed by atoms with E-state index >= 15 is 0 Å². The van der Waals surface area contributed by atoms with Crippen LogP contribution in [0.1, 0.15) is 39.3 Å². The van der Waals surface area contributed by atoms with Gasteiger partial charge in [-0.3, -0.25) is 4.90 Å². The van der Waals surface area contributed by atoms with Crippen LogP contribution in [0.3, 0.4) is 0 Å². The number of hydrogen-bond acceptors (Lipinski definition) is 3. The summed E-state index contributed by atoms with van der Waals surface area (Å²) in [6.45, 7) is 13.8. The topological polar surface area (TPSA) is 24.5 Å². The Balaban J connectivity index is 2.14. The highest BCUT2D eigenvalue weighted by molar-refractivity contribution is 5.20. The minimum atomic E-state index is 0.0816. The molecule has 1 fully saturated rings. The van der Waals surface area contributed by atoms with Crippen molar-refractivity contribution in [2.24, 2.45) is 5.92 Å². The van der Waals surface area contributed by atoms with Crippen molar-refractivity contribution in [1.29, 1.82) is 0 Å². The Labute approximate surface area is 129 Å². The molecule has 3 heteroatoms. The van der Waals surface area contributed by atoms with Crippen molar-refractivity contribution >= 4 is 0 Å². The van der Waals surface area contributed by atoms with Crippen LogP contribution in [-0.4, -0.2) is 43.3 Å². The number of benzene rings is 1. The summed E-state index contributed by atoms with van der Waals surface area (Å²) >= 11 is 0. The van der Waals surface area contributed by atoms with Crippen molar-refractivity contribution in [3.05, 3.63) is 35.9 Å². The van der Waals surface area contributed by atoms with Crippen LogP contribution >= 0.6 is 0 Å². The van der Waals surface area contributed by atoms with Gasteiger partial charge in [0, 0.05) is 24.7 Å². The molecule has 1 N–H and O–H groups in total. The van der Waals surface area contributed by atoms with Gasteiger partial charge in [0.2, 0.25) is 0 Å². The first kappa shape index (κ1) is 16.5. The van der Waals surface area contributed by atoms with Crippen LogP contribution in [0.2, 0.25) is 0 Å². The summed E-state index contributed by atoms with van der Waals surface area (Å²) in [5.41, 5.74) is 1.47. The Kier molecular flexibility index (Phi) is 5.80. The standard InChI is InChI=1S/C18H30N2O/c1-15(2)12-19-13-17(16-8-6-5-7-9-16)20-10-11-21-14-18(20,3)4/h5-9,15,17,19H,10-14H2,1-4H3. The lowest BCUT2D eigenvalue weighted by Crippen LogP contribution is -2.55. The fourth-order valence-corrected chi connectivity index (χ4v) is 3.04. The van der Waals surface area contributed by atoms with Crippen LogP contribution < -0.4 is 5.32 Å². The maximum atomic E-state index is 5.68. The fraction of sp³-hybridized carbons (Fsp3) is 0.667. The minimum absolute atomic E-state index is 0.0816. The Morgan fingerprint density at radius 3 is 2.52 bits per heavy atom. The zero-order chi connectivity index (χ0) is 15.3. The third-order valence-electron chi connectivity index (χ3n) is 4.16. The van der Waals surface area contributed by atoms with Gasteiger partial charge in [-0.1, -0.05) is 44.2 Å². The molecule has 3 nitrogen and oxygen atoms in total. The molecule has 1 aliphatic rings. The van der Waals surface area contributed by atoms with Gasteiger partial charge in [-0.25, -0.2) is 0 Å². The average molecular weight is 290 g/mol. The molecule has 1 unspecified atom stereocenters. The Morgan fingerprint density at radius 2 is 1.90 bits per heavy atom. The van der Waals surface area contributed by atoms with E-state index in [9.17, 15) is 0 Å². The molecule has 0 aliphatic carbocycles. The zero-order valence-corrected chi connectivity index (χ0v) is 13.9. The molecule has 2 rings (SSSR count). The van der Waals surface area contributed by atoms with Crippen LogP contribution in [0.5, 0.6) is 0 Å². The molecule has 0 amide bonds. The van der Waals surface area contributed by atoms with Crippen molar-refractivity contribution in [1.82, 2.24) is 10.2 Å². The lowest BCUT2D eigenvalue weighted by molar-refractivity contribution is -0.0726. The maximum absolute atomic E-state index is 5.68. The molecule has 1 aliphatic heterocycles. The Bertz CT molecular complexity index is 416. The van der Waals surface area contributed by atoms with Crippen molar-refractivity contribution < 1.29 is 4.74 Å². The molecule has 1 heterocycles. The summed E-state index contributed by atoms with van der Waals surface area (Å²) in [6.07, 6.45) is 0. The smallest absolute Gasteiger partial charge is 0.0645 e. The highest BCUT2D eigenvalue weighted by atomic mass is 16.5. The van der Waals surface area contributed by atoms with Gasteiger partial charge < -0.3 is 10.1 Å². The summed E-state index contributed by atoms with van der Waals surface area (Å²) in [5.74, 6) is 0.680. The van der Waals surface area contributed by atoms with Crippen LogP contribution in [0.15, 0.2) is 30.3 Å². The Morgan fingerprint density at radius 1 is 1.19 bits per heavy atom. The van der Waals surface area contributed by atoms with Crippen molar-refractivity contribution in [3.63, 3.8) is 0 Å². The molecule has 0 radical (unpaired) electrons. The van der Waals surface area contributed by atoms with Crippen LogP contribution in [0.25, 0.3) is 0 Å². The quantitative estimate of drug-likeness (QED) is 0.871. The van der Waals surface area contributed by atoms with E-state index in [4.69, 9.17) is 4.74 Å². The normalized spacial score (nSPS) is 20.6. The number of nitrogens with zero attached hydrogens (tertiary/aromatic N) is 1. The molecular formula is C18H30N2O. The molecule has 1 atom stereocenters. The number of ether oxygens (including phenoxy) is 1. The molecule has 0 bridgehead atoms. The van der Waals surface area contributed by atoms with Crippen molar-refractivity contribution in [3.8, 4) is 0 Å². The third-order valence-corrected chi connectivity index (χ3v) is 4.16. The summed E-state index contributed by atoms with van der Waals surface area (Å²) in [6, 6.07) is 11.3. The van der Waals surface area contributed by atoms with Gasteiger partial charge in [0.1, 0.15) is 0 Å². The second-order valence-corrected chi connectivity index (χ2v) is 7.04. The largest absolute Gasteiger partial charge is 0.378 e. The number of morpholine rings is 1. The molecule has 1 saturated heterocycles. The van der Waals surface area contributed by atoms with Gasteiger partial charge in [-0.2, -0.15) is 0 Å². The average Bonchev–Trinajstić information content (AvgIpc) is 2.45. The van der Waals surface area contributed by atoms with E-state index < -0.39 is 0 Å². The molecular weight excluding hydrogens is 260 g/mol. The first-order valence-corrected chi connectivity index (χ1v) is 8.11. The Hall–Kier alpha value is -0.900. The van der Waals surface area contributed by atoms with Gasteiger partial charge in [0.15, 0.2) is 0 Å². The van der Waals surface area contributed by atoms with Crippen LogP contribution in [0, 0.1) is 5.92 Å². The van der Waals surface area contributed by atoms with Gasteiger partial charge in [-0.05, 0) is 31.9 Å². The summed E-state index contributed by atoms with van der Waals surface area (Å²) in [7, 11) is 0. The molecule has 118 valence electrons. The predicted molar refractivity (Wildman–Crippen MR) is 88.5 cm³/mol. The van der Waals surface area contributed by atoms with Gasteiger partial charge in [0.05, 0.1) is 13.2 Å². The molecule has 0 aromatic heterocycles. The minimum Gasteiger partial charge on any atom is -0.378 e. The van der Waals surface area contributed by atoms with Gasteiger partial charge in [-0.15, -0.1) is 0 Å². The van der Waals surface area contributed by atoms with Gasteiger partial charge in [0.25, 0.3) is 0 Å². The first-order valence-electron chi connectivity index (χ1n) is 8.11. The van der Waals surface area contributed by atoms with Crippen molar-refractivity contribution in [2.75, 3.05) is 32.8 Å². The summed E-state index contributed by atoms with van der Waals surface area (Å²) in [4.78, 5) is 2.60. The highest BCUT2D eigenvalue weighted by Crippen LogP contribution is 2.30. The highest BCUT2D eigenvalue weighted by Gasteiger charge is 2.35. The second kappa shape index (κ2) is 7.39. The van der Waals surface area contributed by atoms with Crippen LogP contribution in [-0.2, 0) is 4.74 Å².